The van der Waals surface area contributed by atoms with Gasteiger partial charge in [-0.05, 0) is 19.9 Å². The first-order chi connectivity index (χ1) is 5.16. The monoisotopic (exact) mass is 159 g/mol. The fourth-order valence-electron chi connectivity index (χ4n) is 0.694. The Bertz CT molecular complexity index is 114. The van der Waals surface area contributed by atoms with Crippen molar-refractivity contribution in [1.82, 2.24) is 5.32 Å². The average Bonchev–Trinajstić information content (AvgIpc) is 1.86. The number of carbonyl (C=O) groups excluding carboxylic acids is 1. The molecule has 0 spiro atoms. The molecular weight excluding hydrogens is 142 g/mol. The molecule has 0 bridgehead atoms. The Morgan fingerprint density at radius 3 is 2.73 bits per heavy atom. The highest BCUT2D eigenvalue weighted by molar-refractivity contribution is 5.76. The zero-order valence-electron chi connectivity index (χ0n) is 6.97. The maximum Gasteiger partial charge on any atom is 0.221 e. The van der Waals surface area contributed by atoms with E-state index in [1.54, 1.807) is 0 Å². The standard InChI is InChI=1S/C7H17N3O/c1-6(9)5-7(11)10-4-2-3-8/h6H,2-5,8-9H2,1H3,(H,10,11). The van der Waals surface area contributed by atoms with Crippen molar-refractivity contribution in [3.63, 3.8) is 0 Å². The molecule has 0 aliphatic heterocycles. The predicted molar refractivity (Wildman–Crippen MR) is 44.9 cm³/mol. The van der Waals surface area contributed by atoms with Crippen LogP contribution in [0.4, 0.5) is 0 Å². The average molecular weight is 159 g/mol. The number of nitrogens with two attached hydrogens (primary N) is 2. The minimum atomic E-state index is -0.0622. The molecule has 0 aliphatic rings. The first-order valence-corrected chi connectivity index (χ1v) is 3.89. The molecule has 1 amide bonds. The molecule has 66 valence electrons. The minimum Gasteiger partial charge on any atom is -0.356 e. The highest BCUT2D eigenvalue weighted by Gasteiger charge is 2.02. The van der Waals surface area contributed by atoms with E-state index in [0.29, 0.717) is 19.5 Å². The van der Waals surface area contributed by atoms with Crippen molar-refractivity contribution >= 4 is 5.91 Å². The zero-order chi connectivity index (χ0) is 8.69. The van der Waals surface area contributed by atoms with Crippen LogP contribution >= 0.6 is 0 Å². The SMILES string of the molecule is CC(N)CC(=O)NCCCN. The van der Waals surface area contributed by atoms with Gasteiger partial charge in [0.25, 0.3) is 0 Å². The summed E-state index contributed by atoms with van der Waals surface area (Å²) in [6.07, 6.45) is 1.22. The maximum absolute atomic E-state index is 10.9. The molecule has 0 radical (unpaired) electrons. The Balaban J connectivity index is 3.23. The predicted octanol–water partition coefficient (Wildman–Crippen LogP) is -0.811. The molecule has 0 fully saturated rings. The molecule has 0 saturated carbocycles. The summed E-state index contributed by atoms with van der Waals surface area (Å²) in [7, 11) is 0. The number of nitrogens with one attached hydrogen (secondary N) is 1. The Labute approximate surface area is 67.3 Å². The van der Waals surface area contributed by atoms with Gasteiger partial charge in [0.2, 0.25) is 5.91 Å². The lowest BCUT2D eigenvalue weighted by Crippen LogP contribution is -2.31. The van der Waals surface area contributed by atoms with Crippen molar-refractivity contribution in [1.29, 1.82) is 0 Å². The molecule has 0 aromatic carbocycles. The van der Waals surface area contributed by atoms with Gasteiger partial charge in [-0.1, -0.05) is 0 Å². The Morgan fingerprint density at radius 2 is 2.27 bits per heavy atom. The summed E-state index contributed by atoms with van der Waals surface area (Å²) in [5.74, 6) is 0.00782. The molecule has 5 N–H and O–H groups in total. The van der Waals surface area contributed by atoms with E-state index in [4.69, 9.17) is 11.5 Å². The molecule has 0 aromatic heterocycles. The highest BCUT2D eigenvalue weighted by Crippen LogP contribution is 1.84. The molecule has 0 aromatic rings. The molecule has 11 heavy (non-hydrogen) atoms. The fraction of sp³-hybridized carbons (Fsp3) is 0.857. The van der Waals surface area contributed by atoms with E-state index in [1.807, 2.05) is 6.92 Å². The zero-order valence-corrected chi connectivity index (χ0v) is 6.97. The number of hydrogen-bond donors (Lipinski definition) is 3. The van der Waals surface area contributed by atoms with Crippen LogP contribution in [0, 0.1) is 0 Å². The Kier molecular flexibility index (Phi) is 5.78. The van der Waals surface area contributed by atoms with E-state index in [9.17, 15) is 4.79 Å². The molecule has 4 heteroatoms. The van der Waals surface area contributed by atoms with Crippen molar-refractivity contribution in [3.8, 4) is 0 Å². The first kappa shape index (κ1) is 10.4. The summed E-state index contributed by atoms with van der Waals surface area (Å²) in [6.45, 7) is 3.07. The van der Waals surface area contributed by atoms with Crippen molar-refractivity contribution in [2.45, 2.75) is 25.8 Å². The van der Waals surface area contributed by atoms with Crippen LogP contribution in [0.1, 0.15) is 19.8 Å². The summed E-state index contributed by atoms with van der Waals surface area (Å²) in [5.41, 5.74) is 10.7. The third kappa shape index (κ3) is 7.29. The van der Waals surface area contributed by atoms with E-state index >= 15 is 0 Å². The van der Waals surface area contributed by atoms with Crippen molar-refractivity contribution in [2.75, 3.05) is 13.1 Å². The molecule has 4 nitrogen and oxygen atoms in total. The third-order valence-electron chi connectivity index (χ3n) is 1.21. The largest absolute Gasteiger partial charge is 0.356 e. The van der Waals surface area contributed by atoms with Crippen LogP contribution < -0.4 is 16.8 Å². The second-order valence-electron chi connectivity index (χ2n) is 2.67. The van der Waals surface area contributed by atoms with Crippen molar-refractivity contribution in [3.05, 3.63) is 0 Å². The van der Waals surface area contributed by atoms with Crippen LogP contribution in [-0.2, 0) is 4.79 Å². The summed E-state index contributed by atoms with van der Waals surface area (Å²) in [4.78, 5) is 10.9. The quantitative estimate of drug-likeness (QED) is 0.459. The van der Waals surface area contributed by atoms with Crippen molar-refractivity contribution < 1.29 is 4.79 Å². The van der Waals surface area contributed by atoms with Crippen LogP contribution in [0.5, 0.6) is 0 Å². The maximum atomic E-state index is 10.9. The van der Waals surface area contributed by atoms with Crippen LogP contribution in [0.2, 0.25) is 0 Å². The van der Waals surface area contributed by atoms with Gasteiger partial charge in [0.1, 0.15) is 0 Å². The molecule has 0 rings (SSSR count). The van der Waals surface area contributed by atoms with E-state index in [2.05, 4.69) is 5.32 Å². The van der Waals surface area contributed by atoms with Gasteiger partial charge in [-0.2, -0.15) is 0 Å². The van der Waals surface area contributed by atoms with E-state index in [0.717, 1.165) is 6.42 Å². The molecule has 0 saturated heterocycles. The number of carbonyl (C=O) groups is 1. The molecule has 1 atom stereocenters. The molecule has 0 heterocycles. The number of amides is 1. The third-order valence-corrected chi connectivity index (χ3v) is 1.21. The lowest BCUT2D eigenvalue weighted by atomic mass is 10.2. The van der Waals surface area contributed by atoms with Gasteiger partial charge in [-0.15, -0.1) is 0 Å². The van der Waals surface area contributed by atoms with Gasteiger partial charge in [0, 0.05) is 19.0 Å². The lowest BCUT2D eigenvalue weighted by molar-refractivity contribution is -0.121. The molecular formula is C7H17N3O. The van der Waals surface area contributed by atoms with E-state index in [-0.39, 0.29) is 11.9 Å². The lowest BCUT2D eigenvalue weighted by Gasteiger charge is -2.05. The van der Waals surface area contributed by atoms with Gasteiger partial charge >= 0.3 is 0 Å². The minimum absolute atomic E-state index is 0.00782. The van der Waals surface area contributed by atoms with E-state index < -0.39 is 0 Å². The van der Waals surface area contributed by atoms with Crippen LogP contribution in [0.3, 0.4) is 0 Å². The summed E-state index contributed by atoms with van der Waals surface area (Å²) < 4.78 is 0. The number of rotatable bonds is 5. The Morgan fingerprint density at radius 1 is 1.64 bits per heavy atom. The normalized spacial score (nSPS) is 12.6. The Hall–Kier alpha value is -0.610. The summed E-state index contributed by atoms with van der Waals surface area (Å²) in [5, 5.41) is 2.72. The smallest absolute Gasteiger partial charge is 0.221 e. The van der Waals surface area contributed by atoms with Gasteiger partial charge in [-0.3, -0.25) is 4.79 Å². The van der Waals surface area contributed by atoms with Gasteiger partial charge in [0.15, 0.2) is 0 Å². The second kappa shape index (κ2) is 6.12. The van der Waals surface area contributed by atoms with Crippen LogP contribution in [0.25, 0.3) is 0 Å². The first-order valence-electron chi connectivity index (χ1n) is 3.89. The molecule has 1 unspecified atom stereocenters. The van der Waals surface area contributed by atoms with Gasteiger partial charge in [-0.25, -0.2) is 0 Å². The van der Waals surface area contributed by atoms with E-state index in [1.165, 1.54) is 0 Å². The number of hydrogen-bond acceptors (Lipinski definition) is 3. The van der Waals surface area contributed by atoms with Gasteiger partial charge < -0.3 is 16.8 Å². The summed E-state index contributed by atoms with van der Waals surface area (Å²) in [6, 6.07) is -0.0622. The fourth-order valence-corrected chi connectivity index (χ4v) is 0.694. The molecule has 0 aliphatic carbocycles. The summed E-state index contributed by atoms with van der Waals surface area (Å²) >= 11 is 0. The van der Waals surface area contributed by atoms with Crippen LogP contribution in [0.15, 0.2) is 0 Å². The topological polar surface area (TPSA) is 81.1 Å². The van der Waals surface area contributed by atoms with Crippen molar-refractivity contribution in [2.24, 2.45) is 11.5 Å². The van der Waals surface area contributed by atoms with Crippen LogP contribution in [-0.4, -0.2) is 25.0 Å². The second-order valence-corrected chi connectivity index (χ2v) is 2.67. The van der Waals surface area contributed by atoms with Gasteiger partial charge in [0.05, 0.1) is 0 Å². The highest BCUT2D eigenvalue weighted by atomic mass is 16.1.